The number of rotatable bonds is 7. The van der Waals surface area contributed by atoms with E-state index in [9.17, 15) is 4.79 Å². The summed E-state index contributed by atoms with van der Waals surface area (Å²) in [4.78, 5) is 16.3. The lowest BCUT2D eigenvalue weighted by molar-refractivity contribution is -0.119. The van der Waals surface area contributed by atoms with Gasteiger partial charge < -0.3 is 5.32 Å². The molecule has 1 amide bonds. The molecule has 3 nitrogen and oxygen atoms in total. The number of nitrogens with zero attached hydrogens (tertiary/aromatic N) is 1. The molecule has 0 bridgehead atoms. The van der Waals surface area contributed by atoms with E-state index in [1.807, 2.05) is 25.1 Å². The Balaban J connectivity index is 1.83. The van der Waals surface area contributed by atoms with Gasteiger partial charge in [-0.25, -0.2) is 4.98 Å². The standard InChI is InChI=1S/C19H24N2OS/c1-14(2)12-16-7-9-17(10-8-16)15(3)21-18(22)13-23-19-6-4-5-11-20-19/h4-11,14-15H,12-13H2,1-3H3,(H,21,22)/t15-/m0/s1. The van der Waals surface area contributed by atoms with Gasteiger partial charge in [-0.3, -0.25) is 4.79 Å². The molecule has 23 heavy (non-hydrogen) atoms. The maximum Gasteiger partial charge on any atom is 0.230 e. The molecule has 2 rings (SSSR count). The molecule has 1 N–H and O–H groups in total. The minimum atomic E-state index is 0.0138. The molecule has 0 fully saturated rings. The molecule has 1 aromatic heterocycles. The van der Waals surface area contributed by atoms with Gasteiger partial charge in [-0.2, -0.15) is 0 Å². The molecule has 0 saturated carbocycles. The fraction of sp³-hybridized carbons (Fsp3) is 0.368. The Morgan fingerprint density at radius 3 is 2.48 bits per heavy atom. The summed E-state index contributed by atoms with van der Waals surface area (Å²) in [7, 11) is 0. The fourth-order valence-electron chi connectivity index (χ4n) is 2.35. The molecule has 0 radical (unpaired) electrons. The molecule has 0 aliphatic carbocycles. The van der Waals surface area contributed by atoms with E-state index in [1.165, 1.54) is 17.3 Å². The summed E-state index contributed by atoms with van der Waals surface area (Å²) in [6.07, 6.45) is 2.82. The molecular formula is C19H24N2OS. The Bertz CT molecular complexity index is 611. The van der Waals surface area contributed by atoms with Crippen molar-refractivity contribution >= 4 is 17.7 Å². The highest BCUT2D eigenvalue weighted by atomic mass is 32.2. The summed E-state index contributed by atoms with van der Waals surface area (Å²) in [5.74, 6) is 1.06. The van der Waals surface area contributed by atoms with Gasteiger partial charge in [0.1, 0.15) is 0 Å². The smallest absolute Gasteiger partial charge is 0.230 e. The molecule has 122 valence electrons. The maximum atomic E-state index is 12.1. The second kappa shape index (κ2) is 8.73. The van der Waals surface area contributed by atoms with Gasteiger partial charge in [-0.1, -0.05) is 55.9 Å². The van der Waals surface area contributed by atoms with Crippen LogP contribution in [0, 0.1) is 5.92 Å². The van der Waals surface area contributed by atoms with E-state index in [-0.39, 0.29) is 11.9 Å². The fourth-order valence-corrected chi connectivity index (χ4v) is 3.02. The predicted molar refractivity (Wildman–Crippen MR) is 96.5 cm³/mol. The molecule has 1 aromatic carbocycles. The summed E-state index contributed by atoms with van der Waals surface area (Å²) in [6, 6.07) is 14.2. The number of carbonyl (C=O) groups is 1. The summed E-state index contributed by atoms with van der Waals surface area (Å²) >= 11 is 1.45. The van der Waals surface area contributed by atoms with Crippen molar-refractivity contribution in [1.29, 1.82) is 0 Å². The monoisotopic (exact) mass is 328 g/mol. The summed E-state index contributed by atoms with van der Waals surface area (Å²) in [5, 5.41) is 3.91. The van der Waals surface area contributed by atoms with Crippen LogP contribution in [0.25, 0.3) is 0 Å². The Morgan fingerprint density at radius 1 is 1.13 bits per heavy atom. The highest BCUT2D eigenvalue weighted by Crippen LogP contribution is 2.17. The van der Waals surface area contributed by atoms with Gasteiger partial charge in [0.15, 0.2) is 0 Å². The molecule has 4 heteroatoms. The van der Waals surface area contributed by atoms with Crippen LogP contribution in [-0.2, 0) is 11.2 Å². The minimum absolute atomic E-state index is 0.0138. The van der Waals surface area contributed by atoms with Crippen molar-refractivity contribution in [2.75, 3.05) is 5.75 Å². The quantitative estimate of drug-likeness (QED) is 0.773. The Morgan fingerprint density at radius 2 is 1.87 bits per heavy atom. The minimum Gasteiger partial charge on any atom is -0.349 e. The summed E-state index contributed by atoms with van der Waals surface area (Å²) in [6.45, 7) is 6.45. The van der Waals surface area contributed by atoms with Gasteiger partial charge >= 0.3 is 0 Å². The number of benzene rings is 1. The molecule has 1 atom stereocenters. The van der Waals surface area contributed by atoms with Crippen LogP contribution in [0.4, 0.5) is 0 Å². The maximum absolute atomic E-state index is 12.1. The van der Waals surface area contributed by atoms with E-state index < -0.39 is 0 Å². The zero-order valence-corrected chi connectivity index (χ0v) is 14.8. The highest BCUT2D eigenvalue weighted by molar-refractivity contribution is 7.99. The van der Waals surface area contributed by atoms with Crippen LogP contribution in [0.2, 0.25) is 0 Å². The SMILES string of the molecule is CC(C)Cc1ccc([C@H](C)NC(=O)CSc2ccccn2)cc1. The second-order valence-electron chi connectivity index (χ2n) is 6.09. The molecule has 0 spiro atoms. The topological polar surface area (TPSA) is 42.0 Å². The number of hydrogen-bond acceptors (Lipinski definition) is 3. The first-order valence-corrected chi connectivity index (χ1v) is 8.95. The highest BCUT2D eigenvalue weighted by Gasteiger charge is 2.10. The number of amides is 1. The van der Waals surface area contributed by atoms with E-state index in [0.717, 1.165) is 17.0 Å². The Kier molecular flexibility index (Phi) is 6.66. The lowest BCUT2D eigenvalue weighted by Crippen LogP contribution is -2.28. The molecule has 2 aromatic rings. The second-order valence-corrected chi connectivity index (χ2v) is 7.08. The van der Waals surface area contributed by atoms with Crippen LogP contribution in [0.15, 0.2) is 53.7 Å². The first kappa shape index (κ1) is 17.5. The number of carbonyl (C=O) groups excluding carboxylic acids is 1. The van der Waals surface area contributed by atoms with Crippen LogP contribution >= 0.6 is 11.8 Å². The van der Waals surface area contributed by atoms with Crippen molar-refractivity contribution in [3.05, 3.63) is 59.8 Å². The zero-order valence-electron chi connectivity index (χ0n) is 14.0. The number of hydrogen-bond donors (Lipinski definition) is 1. The van der Waals surface area contributed by atoms with Gasteiger partial charge in [0.2, 0.25) is 5.91 Å². The van der Waals surface area contributed by atoms with Crippen LogP contribution in [0.3, 0.4) is 0 Å². The van der Waals surface area contributed by atoms with E-state index >= 15 is 0 Å². The first-order chi connectivity index (χ1) is 11.0. The number of thioether (sulfide) groups is 1. The molecule has 0 aliphatic rings. The van der Waals surface area contributed by atoms with Crippen molar-refractivity contribution in [3.63, 3.8) is 0 Å². The van der Waals surface area contributed by atoms with Gasteiger partial charge in [-0.05, 0) is 42.5 Å². The molecule has 1 heterocycles. The lowest BCUT2D eigenvalue weighted by atomic mass is 10.00. The van der Waals surface area contributed by atoms with Crippen LogP contribution in [0.1, 0.15) is 37.9 Å². The third-order valence-corrected chi connectivity index (χ3v) is 4.43. The zero-order chi connectivity index (χ0) is 16.7. The number of nitrogens with one attached hydrogen (secondary N) is 1. The summed E-state index contributed by atoms with van der Waals surface area (Å²) < 4.78 is 0. The summed E-state index contributed by atoms with van der Waals surface area (Å²) in [5.41, 5.74) is 2.47. The lowest BCUT2D eigenvalue weighted by Gasteiger charge is -2.15. The van der Waals surface area contributed by atoms with Crippen molar-refractivity contribution < 1.29 is 4.79 Å². The Labute approximate surface area is 142 Å². The molecular weight excluding hydrogens is 304 g/mol. The average Bonchev–Trinajstić information content (AvgIpc) is 2.54. The third-order valence-electron chi connectivity index (χ3n) is 3.49. The van der Waals surface area contributed by atoms with Gasteiger partial charge in [-0.15, -0.1) is 0 Å². The number of aromatic nitrogens is 1. The first-order valence-electron chi connectivity index (χ1n) is 7.96. The van der Waals surface area contributed by atoms with Crippen LogP contribution in [0.5, 0.6) is 0 Å². The van der Waals surface area contributed by atoms with E-state index in [2.05, 4.69) is 48.4 Å². The van der Waals surface area contributed by atoms with E-state index in [4.69, 9.17) is 0 Å². The van der Waals surface area contributed by atoms with E-state index in [1.54, 1.807) is 6.20 Å². The third kappa shape index (κ3) is 6.06. The van der Waals surface area contributed by atoms with E-state index in [0.29, 0.717) is 11.7 Å². The van der Waals surface area contributed by atoms with Crippen LogP contribution < -0.4 is 5.32 Å². The van der Waals surface area contributed by atoms with Gasteiger partial charge in [0, 0.05) is 6.20 Å². The molecule has 0 aliphatic heterocycles. The normalized spacial score (nSPS) is 12.2. The molecule has 0 saturated heterocycles. The Hall–Kier alpha value is -1.81. The molecule has 0 unspecified atom stereocenters. The predicted octanol–water partition coefficient (Wildman–Crippen LogP) is 4.25. The van der Waals surface area contributed by atoms with Crippen LogP contribution in [-0.4, -0.2) is 16.6 Å². The largest absolute Gasteiger partial charge is 0.349 e. The van der Waals surface area contributed by atoms with Crippen molar-refractivity contribution in [3.8, 4) is 0 Å². The number of pyridine rings is 1. The van der Waals surface area contributed by atoms with Gasteiger partial charge in [0.05, 0.1) is 16.8 Å². The average molecular weight is 328 g/mol. The van der Waals surface area contributed by atoms with Crippen molar-refractivity contribution in [2.45, 2.75) is 38.3 Å². The van der Waals surface area contributed by atoms with Crippen molar-refractivity contribution in [1.82, 2.24) is 10.3 Å². The van der Waals surface area contributed by atoms with Crippen molar-refractivity contribution in [2.24, 2.45) is 5.92 Å². The van der Waals surface area contributed by atoms with Gasteiger partial charge in [0.25, 0.3) is 0 Å².